The normalized spacial score (nSPS) is 10.1. The zero-order valence-corrected chi connectivity index (χ0v) is 10.5. The molecule has 2 aromatic rings. The van der Waals surface area contributed by atoms with Crippen molar-refractivity contribution in [2.75, 3.05) is 0 Å². The standard InChI is InChI=1S/C12H11N5O3/c1-7-2-3-10(9(6-7)17(18)19)20-12-8(11(13)14)4-5-15-16-12/h2-6H,1H3,(H3,13,14). The number of aryl methyl sites for hydroxylation is 1. The zero-order chi connectivity index (χ0) is 14.7. The van der Waals surface area contributed by atoms with Gasteiger partial charge in [-0.05, 0) is 24.6 Å². The highest BCUT2D eigenvalue weighted by atomic mass is 16.6. The summed E-state index contributed by atoms with van der Waals surface area (Å²) in [4.78, 5) is 10.5. The predicted molar refractivity (Wildman–Crippen MR) is 71.0 cm³/mol. The van der Waals surface area contributed by atoms with Crippen molar-refractivity contribution in [3.8, 4) is 11.6 Å². The van der Waals surface area contributed by atoms with Crippen molar-refractivity contribution in [3.05, 3.63) is 51.7 Å². The van der Waals surface area contributed by atoms with Crippen LogP contribution in [0, 0.1) is 22.4 Å². The number of nitrogen functional groups attached to an aromatic ring is 1. The largest absolute Gasteiger partial charge is 0.430 e. The molecule has 0 unspecified atom stereocenters. The molecule has 0 aliphatic rings. The molecule has 0 aliphatic carbocycles. The van der Waals surface area contributed by atoms with Crippen molar-refractivity contribution >= 4 is 11.5 Å². The molecule has 20 heavy (non-hydrogen) atoms. The third-order valence-corrected chi connectivity index (χ3v) is 2.49. The predicted octanol–water partition coefficient (Wildman–Crippen LogP) is 1.77. The van der Waals surface area contributed by atoms with Gasteiger partial charge in [0.15, 0.2) is 0 Å². The number of nitro groups is 1. The third-order valence-electron chi connectivity index (χ3n) is 2.49. The van der Waals surface area contributed by atoms with Crippen molar-refractivity contribution < 1.29 is 9.66 Å². The highest BCUT2D eigenvalue weighted by Gasteiger charge is 2.18. The number of nitro benzene ring substituents is 1. The lowest BCUT2D eigenvalue weighted by molar-refractivity contribution is -0.385. The summed E-state index contributed by atoms with van der Waals surface area (Å²) in [5.41, 5.74) is 6.15. The van der Waals surface area contributed by atoms with Crippen LogP contribution in [0.5, 0.6) is 11.6 Å². The summed E-state index contributed by atoms with van der Waals surface area (Å²) in [6.45, 7) is 1.74. The van der Waals surface area contributed by atoms with E-state index in [4.69, 9.17) is 15.9 Å². The Bertz CT molecular complexity index is 687. The molecule has 0 amide bonds. The van der Waals surface area contributed by atoms with Crippen LogP contribution in [0.15, 0.2) is 30.5 Å². The Balaban J connectivity index is 2.45. The first kappa shape index (κ1) is 13.4. The van der Waals surface area contributed by atoms with E-state index in [9.17, 15) is 10.1 Å². The Kier molecular flexibility index (Phi) is 3.56. The molecule has 102 valence electrons. The number of hydrogen-bond acceptors (Lipinski definition) is 6. The SMILES string of the molecule is Cc1ccc(Oc2nnccc2C(=N)N)c([N+](=O)[O-])c1. The molecule has 1 aromatic heterocycles. The van der Waals surface area contributed by atoms with Gasteiger partial charge in [0.05, 0.1) is 16.7 Å². The minimum Gasteiger partial charge on any atom is -0.430 e. The molecule has 0 saturated carbocycles. The van der Waals surface area contributed by atoms with E-state index < -0.39 is 4.92 Å². The molecule has 0 aliphatic heterocycles. The summed E-state index contributed by atoms with van der Waals surface area (Å²) in [5.74, 6) is -0.291. The van der Waals surface area contributed by atoms with Gasteiger partial charge in [-0.3, -0.25) is 15.5 Å². The fourth-order valence-electron chi connectivity index (χ4n) is 1.56. The van der Waals surface area contributed by atoms with E-state index in [1.807, 2.05) is 0 Å². The number of ether oxygens (including phenoxy) is 1. The van der Waals surface area contributed by atoms with Crippen molar-refractivity contribution in [2.45, 2.75) is 6.92 Å². The maximum absolute atomic E-state index is 11.0. The molecule has 8 nitrogen and oxygen atoms in total. The Labute approximate surface area is 113 Å². The van der Waals surface area contributed by atoms with Crippen molar-refractivity contribution in [2.24, 2.45) is 5.73 Å². The van der Waals surface area contributed by atoms with Crippen LogP contribution < -0.4 is 10.5 Å². The summed E-state index contributed by atoms with van der Waals surface area (Å²) in [6.07, 6.45) is 1.35. The number of amidine groups is 1. The van der Waals surface area contributed by atoms with E-state index in [2.05, 4.69) is 10.2 Å². The molecule has 0 atom stereocenters. The van der Waals surface area contributed by atoms with Gasteiger partial charge in [-0.25, -0.2) is 0 Å². The quantitative estimate of drug-likeness (QED) is 0.378. The van der Waals surface area contributed by atoms with Crippen molar-refractivity contribution in [1.82, 2.24) is 10.2 Å². The molecule has 0 radical (unpaired) electrons. The molecule has 1 aromatic carbocycles. The molecule has 0 bridgehead atoms. The van der Waals surface area contributed by atoms with Gasteiger partial charge in [-0.2, -0.15) is 5.10 Å². The topological polar surface area (TPSA) is 128 Å². The number of nitrogens with one attached hydrogen (secondary N) is 1. The highest BCUT2D eigenvalue weighted by molar-refractivity contribution is 5.97. The van der Waals surface area contributed by atoms with Crippen LogP contribution in [0.1, 0.15) is 11.1 Å². The molecular weight excluding hydrogens is 262 g/mol. The smallest absolute Gasteiger partial charge is 0.311 e. The molecule has 1 heterocycles. The van der Waals surface area contributed by atoms with Crippen molar-refractivity contribution in [1.29, 1.82) is 5.41 Å². The second-order valence-electron chi connectivity index (χ2n) is 3.99. The summed E-state index contributed by atoms with van der Waals surface area (Å²) in [5, 5.41) is 25.7. The average molecular weight is 273 g/mol. The van der Waals surface area contributed by atoms with Gasteiger partial charge in [0.2, 0.25) is 11.6 Å². The molecule has 3 N–H and O–H groups in total. The first-order valence-electron chi connectivity index (χ1n) is 5.58. The molecule has 2 rings (SSSR count). The van der Waals surface area contributed by atoms with Gasteiger partial charge in [-0.15, -0.1) is 5.10 Å². The van der Waals surface area contributed by atoms with E-state index in [0.717, 1.165) is 5.56 Å². The maximum atomic E-state index is 11.0. The first-order chi connectivity index (χ1) is 9.49. The van der Waals surface area contributed by atoms with Crippen LogP contribution in [-0.2, 0) is 0 Å². The maximum Gasteiger partial charge on any atom is 0.311 e. The number of nitrogens with zero attached hydrogens (tertiary/aromatic N) is 3. The molecule has 0 fully saturated rings. The van der Waals surface area contributed by atoms with Crippen LogP contribution in [0.25, 0.3) is 0 Å². The number of nitrogens with two attached hydrogens (primary N) is 1. The number of aromatic nitrogens is 2. The van der Waals surface area contributed by atoms with Crippen LogP contribution >= 0.6 is 0 Å². The molecule has 8 heteroatoms. The monoisotopic (exact) mass is 273 g/mol. The summed E-state index contributed by atoms with van der Waals surface area (Å²) in [6, 6.07) is 5.97. The lowest BCUT2D eigenvalue weighted by Gasteiger charge is -2.08. The van der Waals surface area contributed by atoms with E-state index in [1.165, 1.54) is 24.4 Å². The lowest BCUT2D eigenvalue weighted by atomic mass is 10.2. The van der Waals surface area contributed by atoms with Gasteiger partial charge >= 0.3 is 5.69 Å². The van der Waals surface area contributed by atoms with Crippen LogP contribution in [0.2, 0.25) is 0 Å². The second-order valence-corrected chi connectivity index (χ2v) is 3.99. The molecule has 0 saturated heterocycles. The number of hydrogen-bond donors (Lipinski definition) is 2. The van der Waals surface area contributed by atoms with Gasteiger partial charge in [-0.1, -0.05) is 6.07 Å². The number of rotatable bonds is 4. The summed E-state index contributed by atoms with van der Waals surface area (Å²) >= 11 is 0. The molecule has 0 spiro atoms. The zero-order valence-electron chi connectivity index (χ0n) is 10.5. The van der Waals surface area contributed by atoms with Crippen LogP contribution in [-0.4, -0.2) is 21.0 Å². The highest BCUT2D eigenvalue weighted by Crippen LogP contribution is 2.32. The van der Waals surface area contributed by atoms with E-state index in [1.54, 1.807) is 13.0 Å². The minimum absolute atomic E-state index is 0.0172. The second kappa shape index (κ2) is 5.31. The number of benzene rings is 1. The Morgan fingerprint density at radius 2 is 2.20 bits per heavy atom. The average Bonchev–Trinajstić information content (AvgIpc) is 2.41. The van der Waals surface area contributed by atoms with Gasteiger partial charge in [0.1, 0.15) is 5.84 Å². The van der Waals surface area contributed by atoms with Crippen LogP contribution in [0.3, 0.4) is 0 Å². The van der Waals surface area contributed by atoms with Gasteiger partial charge in [0, 0.05) is 6.07 Å². The van der Waals surface area contributed by atoms with Gasteiger partial charge in [0.25, 0.3) is 0 Å². The van der Waals surface area contributed by atoms with E-state index >= 15 is 0 Å². The fraction of sp³-hybridized carbons (Fsp3) is 0.0833. The lowest BCUT2D eigenvalue weighted by Crippen LogP contribution is -2.13. The Morgan fingerprint density at radius 3 is 2.85 bits per heavy atom. The minimum atomic E-state index is -0.549. The van der Waals surface area contributed by atoms with Crippen molar-refractivity contribution in [3.63, 3.8) is 0 Å². The first-order valence-corrected chi connectivity index (χ1v) is 5.58. The third kappa shape index (κ3) is 2.69. The molecular formula is C12H11N5O3. The summed E-state index contributed by atoms with van der Waals surface area (Å²) < 4.78 is 5.38. The Morgan fingerprint density at radius 1 is 1.45 bits per heavy atom. The summed E-state index contributed by atoms with van der Waals surface area (Å²) in [7, 11) is 0. The van der Waals surface area contributed by atoms with E-state index in [-0.39, 0.29) is 28.7 Å². The van der Waals surface area contributed by atoms with E-state index in [0.29, 0.717) is 0 Å². The van der Waals surface area contributed by atoms with Gasteiger partial charge < -0.3 is 10.5 Å². The Hall–Kier alpha value is -3.03. The fourth-order valence-corrected chi connectivity index (χ4v) is 1.56. The van der Waals surface area contributed by atoms with Crippen LogP contribution in [0.4, 0.5) is 5.69 Å².